The zero-order valence-corrected chi connectivity index (χ0v) is 11.8. The Bertz CT molecular complexity index is 587. The molecule has 0 aliphatic heterocycles. The minimum absolute atomic E-state index is 0.106. The van der Waals surface area contributed by atoms with E-state index in [0.29, 0.717) is 5.02 Å². The van der Waals surface area contributed by atoms with E-state index in [9.17, 15) is 14.4 Å². The largest absolute Gasteiger partial charge is 0.452 e. The van der Waals surface area contributed by atoms with Crippen LogP contribution in [0, 0.1) is 0 Å². The highest BCUT2D eigenvalue weighted by Crippen LogP contribution is 2.19. The topological polar surface area (TPSA) is 111 Å². The number of imide groups is 1. The molecular formula is C13H14ClN3O4. The SMILES string of the molecule is Nc1cc(Cl)ccc1C(=O)OCC(=O)NC(=O)NC1CC1. The molecule has 0 heterocycles. The first kappa shape index (κ1) is 15.1. The summed E-state index contributed by atoms with van der Waals surface area (Å²) in [5.74, 6) is -1.48. The van der Waals surface area contributed by atoms with Gasteiger partial charge in [0.1, 0.15) is 0 Å². The fraction of sp³-hybridized carbons (Fsp3) is 0.308. The van der Waals surface area contributed by atoms with Crippen LogP contribution in [0.4, 0.5) is 10.5 Å². The predicted molar refractivity (Wildman–Crippen MR) is 75.8 cm³/mol. The number of urea groups is 1. The Kier molecular flexibility index (Phi) is 4.64. The van der Waals surface area contributed by atoms with Gasteiger partial charge in [-0.25, -0.2) is 9.59 Å². The number of benzene rings is 1. The number of carbonyl (C=O) groups excluding carboxylic acids is 3. The van der Waals surface area contributed by atoms with Crippen molar-refractivity contribution >= 4 is 35.2 Å². The Balaban J connectivity index is 1.79. The average molecular weight is 312 g/mol. The maximum atomic E-state index is 11.7. The maximum Gasteiger partial charge on any atom is 0.340 e. The summed E-state index contributed by atoms with van der Waals surface area (Å²) in [6.45, 7) is -0.570. The smallest absolute Gasteiger partial charge is 0.340 e. The summed E-state index contributed by atoms with van der Waals surface area (Å²) < 4.78 is 4.78. The van der Waals surface area contributed by atoms with Gasteiger partial charge in [0, 0.05) is 16.8 Å². The van der Waals surface area contributed by atoms with Crippen molar-refractivity contribution in [3.05, 3.63) is 28.8 Å². The minimum atomic E-state index is -0.762. The van der Waals surface area contributed by atoms with Crippen molar-refractivity contribution in [1.29, 1.82) is 0 Å². The third-order valence-corrected chi connectivity index (χ3v) is 2.97. The fourth-order valence-electron chi connectivity index (χ4n) is 1.54. The standard InChI is InChI=1S/C13H14ClN3O4/c14-7-1-4-9(10(15)5-7)12(19)21-6-11(18)17-13(20)16-8-2-3-8/h1,4-5,8H,2-3,6,15H2,(H2,16,17,18,20). The summed E-state index contributed by atoms with van der Waals surface area (Å²) in [6.07, 6.45) is 1.82. The Morgan fingerprint density at radius 2 is 2.05 bits per heavy atom. The van der Waals surface area contributed by atoms with Gasteiger partial charge in [-0.15, -0.1) is 0 Å². The Hall–Kier alpha value is -2.28. The van der Waals surface area contributed by atoms with Crippen LogP contribution in [0.2, 0.25) is 5.02 Å². The lowest BCUT2D eigenvalue weighted by atomic mass is 10.2. The van der Waals surface area contributed by atoms with Crippen molar-refractivity contribution < 1.29 is 19.1 Å². The first-order valence-electron chi connectivity index (χ1n) is 6.28. The summed E-state index contributed by atoms with van der Waals surface area (Å²) in [5.41, 5.74) is 5.88. The van der Waals surface area contributed by atoms with Gasteiger partial charge in [0.25, 0.3) is 5.91 Å². The van der Waals surface area contributed by atoms with Crippen LogP contribution < -0.4 is 16.4 Å². The van der Waals surface area contributed by atoms with Gasteiger partial charge in [0.2, 0.25) is 0 Å². The monoisotopic (exact) mass is 311 g/mol. The van der Waals surface area contributed by atoms with Crippen LogP contribution in [0.1, 0.15) is 23.2 Å². The van der Waals surface area contributed by atoms with Crippen molar-refractivity contribution in [3.63, 3.8) is 0 Å². The molecule has 1 aromatic rings. The average Bonchev–Trinajstić information content (AvgIpc) is 3.19. The molecule has 0 atom stereocenters. The lowest BCUT2D eigenvalue weighted by molar-refractivity contribution is -0.123. The van der Waals surface area contributed by atoms with E-state index in [0.717, 1.165) is 12.8 Å². The highest BCUT2D eigenvalue weighted by Gasteiger charge is 2.24. The quantitative estimate of drug-likeness (QED) is 0.569. The van der Waals surface area contributed by atoms with Crippen molar-refractivity contribution in [2.75, 3.05) is 12.3 Å². The third-order valence-electron chi connectivity index (χ3n) is 2.73. The van der Waals surface area contributed by atoms with E-state index in [4.69, 9.17) is 22.1 Å². The zero-order valence-electron chi connectivity index (χ0n) is 11.0. The lowest BCUT2D eigenvalue weighted by Crippen LogP contribution is -2.42. The highest BCUT2D eigenvalue weighted by molar-refractivity contribution is 6.31. The number of nitrogen functional groups attached to an aromatic ring is 1. The number of hydrogen-bond donors (Lipinski definition) is 3. The molecule has 0 spiro atoms. The van der Waals surface area contributed by atoms with Crippen LogP contribution in [-0.2, 0) is 9.53 Å². The van der Waals surface area contributed by atoms with E-state index in [1.54, 1.807) is 0 Å². The van der Waals surface area contributed by atoms with Gasteiger partial charge in [-0.3, -0.25) is 10.1 Å². The van der Waals surface area contributed by atoms with Crippen molar-refractivity contribution in [2.24, 2.45) is 0 Å². The number of anilines is 1. The predicted octanol–water partition coefficient (Wildman–Crippen LogP) is 1.07. The van der Waals surface area contributed by atoms with Gasteiger partial charge >= 0.3 is 12.0 Å². The van der Waals surface area contributed by atoms with Crippen LogP contribution in [-0.4, -0.2) is 30.6 Å². The lowest BCUT2D eigenvalue weighted by Gasteiger charge is -2.08. The van der Waals surface area contributed by atoms with E-state index in [-0.39, 0.29) is 17.3 Å². The van der Waals surface area contributed by atoms with E-state index in [1.807, 2.05) is 0 Å². The van der Waals surface area contributed by atoms with E-state index in [2.05, 4.69) is 10.6 Å². The van der Waals surface area contributed by atoms with Crippen LogP contribution in [0.3, 0.4) is 0 Å². The zero-order chi connectivity index (χ0) is 15.4. The molecule has 1 saturated carbocycles. The van der Waals surface area contributed by atoms with Crippen molar-refractivity contribution in [2.45, 2.75) is 18.9 Å². The second-order valence-corrected chi connectivity index (χ2v) is 5.04. The molecule has 0 aromatic heterocycles. The van der Waals surface area contributed by atoms with Gasteiger partial charge in [-0.1, -0.05) is 11.6 Å². The van der Waals surface area contributed by atoms with E-state index < -0.39 is 24.5 Å². The normalized spacial score (nSPS) is 13.4. The number of ether oxygens (including phenoxy) is 1. The summed E-state index contributed by atoms with van der Waals surface area (Å²) in [5, 5.41) is 5.02. The molecule has 2 rings (SSSR count). The molecule has 0 bridgehead atoms. The molecule has 0 unspecified atom stereocenters. The molecule has 21 heavy (non-hydrogen) atoms. The summed E-state index contributed by atoms with van der Waals surface area (Å²) in [7, 11) is 0. The number of carbonyl (C=O) groups is 3. The summed E-state index contributed by atoms with van der Waals surface area (Å²) in [6, 6.07) is 3.83. The molecule has 8 heteroatoms. The van der Waals surface area contributed by atoms with E-state index >= 15 is 0 Å². The second-order valence-electron chi connectivity index (χ2n) is 4.60. The summed E-state index contributed by atoms with van der Waals surface area (Å²) in [4.78, 5) is 34.4. The maximum absolute atomic E-state index is 11.7. The highest BCUT2D eigenvalue weighted by atomic mass is 35.5. The molecule has 7 nitrogen and oxygen atoms in total. The van der Waals surface area contributed by atoms with Crippen LogP contribution >= 0.6 is 11.6 Å². The van der Waals surface area contributed by atoms with Gasteiger partial charge in [0.15, 0.2) is 6.61 Å². The molecule has 1 aromatic carbocycles. The van der Waals surface area contributed by atoms with Gasteiger partial charge in [-0.2, -0.15) is 0 Å². The fourth-order valence-corrected chi connectivity index (χ4v) is 1.72. The van der Waals surface area contributed by atoms with Gasteiger partial charge < -0.3 is 15.8 Å². The number of nitrogens with one attached hydrogen (secondary N) is 2. The third kappa shape index (κ3) is 4.64. The number of esters is 1. The first-order valence-corrected chi connectivity index (χ1v) is 6.66. The van der Waals surface area contributed by atoms with Gasteiger partial charge in [-0.05, 0) is 31.0 Å². The number of halogens is 1. The van der Waals surface area contributed by atoms with Crippen LogP contribution in [0.5, 0.6) is 0 Å². The van der Waals surface area contributed by atoms with Gasteiger partial charge in [0.05, 0.1) is 5.56 Å². The Morgan fingerprint density at radius 1 is 1.33 bits per heavy atom. The van der Waals surface area contributed by atoms with E-state index in [1.165, 1.54) is 18.2 Å². The molecule has 1 fully saturated rings. The second kappa shape index (κ2) is 6.45. The molecule has 112 valence electrons. The Labute approximate surface area is 125 Å². The molecule has 0 saturated heterocycles. The van der Waals surface area contributed by atoms with Crippen molar-refractivity contribution in [1.82, 2.24) is 10.6 Å². The van der Waals surface area contributed by atoms with Crippen LogP contribution in [0.25, 0.3) is 0 Å². The number of nitrogens with two attached hydrogens (primary N) is 1. The van der Waals surface area contributed by atoms with Crippen LogP contribution in [0.15, 0.2) is 18.2 Å². The number of rotatable bonds is 4. The molecule has 4 N–H and O–H groups in total. The molecule has 0 radical (unpaired) electrons. The first-order chi connectivity index (χ1) is 9.95. The van der Waals surface area contributed by atoms with Crippen molar-refractivity contribution in [3.8, 4) is 0 Å². The number of hydrogen-bond acceptors (Lipinski definition) is 5. The minimum Gasteiger partial charge on any atom is -0.452 e. The summed E-state index contributed by atoms with van der Waals surface area (Å²) >= 11 is 5.71. The molecule has 1 aliphatic carbocycles. The molecule has 3 amide bonds. The Morgan fingerprint density at radius 3 is 2.67 bits per heavy atom. The molecule has 1 aliphatic rings. The number of amides is 3. The molecular weight excluding hydrogens is 298 g/mol.